The van der Waals surface area contributed by atoms with Crippen molar-refractivity contribution in [2.75, 3.05) is 38.6 Å². The van der Waals surface area contributed by atoms with E-state index in [1.165, 1.54) is 37.3 Å². The van der Waals surface area contributed by atoms with Crippen LogP contribution in [0.15, 0.2) is 65.6 Å². The number of sulfonamides is 1. The molecule has 0 spiro atoms. The second-order valence-electron chi connectivity index (χ2n) is 31.2. The number of hydrogen-bond donors (Lipinski definition) is 17. The maximum atomic E-state index is 14.9. The Balaban J connectivity index is 1.10. The molecular weight excluding hydrogens is 1600 g/mol. The number of likely N-dealkylation sites (tertiary alicyclic amines) is 2. The number of benzene rings is 3. The average Bonchev–Trinajstić information content (AvgIpc) is 1.22. The van der Waals surface area contributed by atoms with Crippen LogP contribution in [0.25, 0.3) is 10.8 Å². The maximum absolute atomic E-state index is 14.9. The number of unbranched alkanes of at least 4 members (excludes halogenated alkanes) is 4. The summed E-state index contributed by atoms with van der Waals surface area (Å²) in [6.07, 6.45) is 0.206. The van der Waals surface area contributed by atoms with Crippen molar-refractivity contribution in [2.24, 2.45) is 11.8 Å². The smallest absolute Gasteiger partial charge is 0.326 e. The number of hydrogen-bond acceptors (Lipinski definition) is 21. The van der Waals surface area contributed by atoms with Gasteiger partial charge < -0.3 is 98.3 Å². The molecule has 0 unspecified atom stereocenters. The molecule has 2 saturated heterocycles. The lowest BCUT2D eigenvalue weighted by atomic mass is 9.84. The van der Waals surface area contributed by atoms with E-state index in [-0.39, 0.29) is 94.0 Å². The minimum atomic E-state index is -3.89. The van der Waals surface area contributed by atoms with Gasteiger partial charge in [-0.15, -0.1) is 0 Å². The van der Waals surface area contributed by atoms with Crippen molar-refractivity contribution in [3.63, 3.8) is 0 Å². The number of aromatic hydroxyl groups is 1. The topological polar surface area (TPSA) is 596 Å². The number of anilines is 1. The molecule has 2 aliphatic heterocycles. The van der Waals surface area contributed by atoms with Gasteiger partial charge in [-0.25, -0.2) is 17.9 Å². The Morgan fingerprint density at radius 1 is 0.463 bits per heavy atom. The first kappa shape index (κ1) is 98.2. The molecule has 0 aromatic heterocycles. The zero-order valence-electron chi connectivity index (χ0n) is 68.6. The van der Waals surface area contributed by atoms with E-state index in [1.807, 2.05) is 31.1 Å². The molecule has 1 aliphatic carbocycles. The quantitative estimate of drug-likeness (QED) is 0.0359. The Morgan fingerprint density at radius 3 is 1.52 bits per heavy atom. The van der Waals surface area contributed by atoms with E-state index in [0.717, 1.165) is 40.1 Å². The Kier molecular flexibility index (Phi) is 39.0. The summed E-state index contributed by atoms with van der Waals surface area (Å²) in [4.78, 5) is 233. The molecule has 1 saturated carbocycles. The van der Waals surface area contributed by atoms with Crippen LogP contribution in [0.5, 0.6) is 5.75 Å². The zero-order chi connectivity index (χ0) is 89.4. The van der Waals surface area contributed by atoms with Crippen molar-refractivity contribution < 1.29 is 126 Å². The van der Waals surface area contributed by atoms with Gasteiger partial charge in [0.15, 0.2) is 0 Å². The van der Waals surface area contributed by atoms with Crippen LogP contribution in [0.1, 0.15) is 193 Å². The number of aliphatic carboxylic acids is 6. The van der Waals surface area contributed by atoms with Crippen molar-refractivity contribution in [3.8, 4) is 5.75 Å². The molecule has 121 heavy (non-hydrogen) atoms. The summed E-state index contributed by atoms with van der Waals surface area (Å²) in [7, 11) is -0.164. The predicted molar refractivity (Wildman–Crippen MR) is 434 cm³/mol. The van der Waals surface area contributed by atoms with Crippen LogP contribution >= 0.6 is 0 Å². The largest absolute Gasteiger partial charge is 0.508 e. The molecule has 3 fully saturated rings. The number of fused-ring (bicyclic) bond motifs is 1. The van der Waals surface area contributed by atoms with E-state index in [0.29, 0.717) is 49.5 Å². The van der Waals surface area contributed by atoms with Crippen LogP contribution in [0, 0.1) is 11.8 Å². The minimum Gasteiger partial charge on any atom is -0.508 e. The Hall–Kier alpha value is -11.6. The molecule has 0 bridgehead atoms. The molecule has 11 amide bonds. The Labute approximate surface area is 700 Å². The van der Waals surface area contributed by atoms with E-state index in [4.69, 9.17) is 0 Å². The first-order chi connectivity index (χ1) is 57.3. The maximum Gasteiger partial charge on any atom is 0.326 e. The number of amides is 11. The third-order valence-electron chi connectivity index (χ3n) is 21.8. The van der Waals surface area contributed by atoms with Gasteiger partial charge in [0.05, 0.1) is 11.3 Å². The van der Waals surface area contributed by atoms with E-state index in [1.54, 1.807) is 32.0 Å². The number of carbonyl (C=O) groups excluding carboxylic acids is 11. The molecular formula is C81H115N13O26S. The van der Waals surface area contributed by atoms with Gasteiger partial charge in [-0.1, -0.05) is 108 Å². The number of carboxylic acids is 6. The van der Waals surface area contributed by atoms with Gasteiger partial charge in [-0.3, -0.25) is 76.7 Å². The molecule has 3 aromatic carbocycles. The molecule has 39 nitrogen and oxygen atoms in total. The predicted octanol–water partition coefficient (Wildman–Crippen LogP) is 1.87. The van der Waals surface area contributed by atoms with Crippen LogP contribution < -0.4 is 57.5 Å². The number of rotatable bonds is 51. The molecule has 17 N–H and O–H groups in total. The monoisotopic (exact) mass is 1720 g/mol. The lowest BCUT2D eigenvalue weighted by Crippen LogP contribution is -2.61. The fourth-order valence-corrected chi connectivity index (χ4v) is 16.2. The van der Waals surface area contributed by atoms with E-state index >= 15 is 0 Å². The SMILES string of the molecule is CC[C@H](C)[C@H](NC(=O)[C@@H]1CCCN1C(=O)[C@H](CCC(=O)O)NC(=O)[C@H](Cc1ccc(O)cc1)NC(=O)[C@H](CC(=O)O)NC(=O)CCCCCCCNS(=O)(=O)c1cccc2c(N(C)C)cccc12)C(=O)N1CCC[C@H]1C(=O)N[C@@H](CCC(=O)O)C(=O)N[C@@H](CCC(=O)O)C(=O)N[C@@H](C)C(=O)N[C@@H](CC1CCCCC1)C(=O)N[C@H](CCC(=O)O)C(=O)O. The second-order valence-corrected chi connectivity index (χ2v) is 32.9. The highest BCUT2D eigenvalue weighted by Crippen LogP contribution is 2.32. The zero-order valence-corrected chi connectivity index (χ0v) is 69.4. The third kappa shape index (κ3) is 31.2. The fraction of sp³-hybridized carbons (Fsp3) is 0.593. The van der Waals surface area contributed by atoms with Gasteiger partial charge in [-0.05, 0) is 119 Å². The molecule has 0 radical (unpaired) electrons. The van der Waals surface area contributed by atoms with Gasteiger partial charge in [0.2, 0.25) is 75.0 Å². The molecule has 666 valence electrons. The van der Waals surface area contributed by atoms with Gasteiger partial charge in [0.25, 0.3) is 0 Å². The van der Waals surface area contributed by atoms with Crippen LogP contribution in [0.4, 0.5) is 5.69 Å². The molecule has 3 aliphatic rings. The number of carboxylic acid groups (broad SMARTS) is 6. The Morgan fingerprint density at radius 2 is 0.942 bits per heavy atom. The number of nitrogens with one attached hydrogen (secondary N) is 10. The van der Waals surface area contributed by atoms with Crippen molar-refractivity contribution in [2.45, 2.75) is 265 Å². The van der Waals surface area contributed by atoms with Crippen molar-refractivity contribution in [3.05, 3.63) is 66.2 Å². The molecule has 3 aromatic rings. The summed E-state index contributed by atoms with van der Waals surface area (Å²) in [6, 6.07) is -1.66. The van der Waals surface area contributed by atoms with Crippen LogP contribution in [-0.2, 0) is 98.0 Å². The number of carbonyl (C=O) groups is 17. The summed E-state index contributed by atoms with van der Waals surface area (Å²) < 4.78 is 29.5. The molecule has 6 rings (SSSR count). The summed E-state index contributed by atoms with van der Waals surface area (Å²) in [5.41, 5.74) is 1.17. The van der Waals surface area contributed by atoms with Gasteiger partial charge in [-0.2, -0.15) is 0 Å². The first-order valence-corrected chi connectivity index (χ1v) is 42.4. The highest BCUT2D eigenvalue weighted by atomic mass is 32.2. The lowest BCUT2D eigenvalue weighted by Gasteiger charge is -2.34. The lowest BCUT2D eigenvalue weighted by molar-refractivity contribution is -0.146. The minimum absolute atomic E-state index is 0.0204. The number of phenols is 1. The molecule has 12 atom stereocenters. The fourth-order valence-electron chi connectivity index (χ4n) is 14.9. The average molecular weight is 1720 g/mol. The van der Waals surface area contributed by atoms with Gasteiger partial charge >= 0.3 is 35.8 Å². The normalized spacial score (nSPS) is 17.2. The van der Waals surface area contributed by atoms with E-state index in [2.05, 4.69) is 52.6 Å². The molecule has 40 heteroatoms. The third-order valence-corrected chi connectivity index (χ3v) is 23.3. The highest BCUT2D eigenvalue weighted by Gasteiger charge is 2.45. The van der Waals surface area contributed by atoms with Crippen molar-refractivity contribution in [1.29, 1.82) is 0 Å². The van der Waals surface area contributed by atoms with Crippen LogP contribution in [0.3, 0.4) is 0 Å². The van der Waals surface area contributed by atoms with Crippen molar-refractivity contribution in [1.82, 2.24) is 62.4 Å². The second kappa shape index (κ2) is 48.0. The Bertz CT molecular complexity index is 4310. The van der Waals surface area contributed by atoms with Gasteiger partial charge in [0, 0.05) is 88.7 Å². The standard InChI is InChI=1S/C81H115N13O26S/c1-6-46(2)70(80(116)94-42-18-24-61(94)77(113)86-54(33-37-66(99)100)73(109)85-53(32-36-65(97)98)72(108)83-47(3)71(107)89-57(43-48-19-11-10-12-20-48)75(111)88-56(81(117)118)35-39-68(103)104)91-78(114)62-25-17-41-93(62)79(115)55(34-38-67(101)102)87-74(110)58(44-49-28-30-50(95)31-29-49)90-76(112)59(45-69(105)106)84-64(96)27-13-8-7-9-14-40-82-121(119,120)63-26-16-21-51-52(63)22-15-23-60(51)92(4)5/h15-16,21-23,26,28-31,46-48,53-59,61-62,70,82,95H,6-14,17-20,24-25,27,32-45H2,1-5H3,(H,83,108)(H,84,96)(H,85,109)(H,86,113)(H,87,110)(H,88,111)(H,89,107)(H,90,112)(H,91,114)(H,97,98)(H,99,100)(H,101,102)(H,103,104)(H,105,106)(H,117,118)/t46-,47-,53-,54-,55-,56+,57-,58-,59-,61-,62-,70-/m0/s1. The van der Waals surface area contributed by atoms with Crippen molar-refractivity contribution >= 4 is 127 Å². The van der Waals surface area contributed by atoms with Crippen LogP contribution in [0.2, 0.25) is 0 Å². The summed E-state index contributed by atoms with van der Waals surface area (Å²) in [5, 5.41) is 91.7. The van der Waals surface area contributed by atoms with Gasteiger partial charge in [0.1, 0.15) is 72.2 Å². The summed E-state index contributed by atoms with van der Waals surface area (Å²) in [6.45, 7) is 4.42. The highest BCUT2D eigenvalue weighted by molar-refractivity contribution is 7.89. The first-order valence-electron chi connectivity index (χ1n) is 40.9. The molecule has 2 heterocycles. The number of nitrogens with zero attached hydrogens (tertiary/aromatic N) is 3. The summed E-state index contributed by atoms with van der Waals surface area (Å²) in [5.74, 6) is -20.5. The van der Waals surface area contributed by atoms with E-state index < -0.39 is 241 Å². The van der Waals surface area contributed by atoms with E-state index in [9.17, 15) is 126 Å². The summed E-state index contributed by atoms with van der Waals surface area (Å²) >= 11 is 0. The number of phenolic OH excluding ortho intramolecular Hbond substituents is 1. The van der Waals surface area contributed by atoms with Crippen LogP contribution in [-0.4, -0.2) is 255 Å².